The van der Waals surface area contributed by atoms with Crippen LogP contribution < -0.4 is 0 Å². The van der Waals surface area contributed by atoms with Gasteiger partial charge in [-0.05, 0) is 24.5 Å². The van der Waals surface area contributed by atoms with E-state index in [2.05, 4.69) is 18.2 Å². The molecule has 2 N–H and O–H groups in total. The number of fused-ring (bicyclic) bond motifs is 1. The van der Waals surface area contributed by atoms with Crippen LogP contribution in [0.2, 0.25) is 0 Å². The molecule has 1 aliphatic heterocycles. The van der Waals surface area contributed by atoms with E-state index in [0.717, 1.165) is 12.8 Å². The molecule has 1 aromatic rings. The van der Waals surface area contributed by atoms with Gasteiger partial charge in [0.15, 0.2) is 0 Å². The second-order valence-corrected chi connectivity index (χ2v) is 5.06. The smallest absolute Gasteiger partial charge is 0.108 e. The standard InChI is InChI=1S/C12H16O3S/c13-7-10(14)8-15-12-6-5-9-3-1-2-4-11(9)16-12/h1-4,10,12-14H,5-8H2. The summed E-state index contributed by atoms with van der Waals surface area (Å²) in [6, 6.07) is 8.31. The fourth-order valence-electron chi connectivity index (χ4n) is 1.69. The molecule has 2 rings (SSSR count). The number of hydrogen-bond donors (Lipinski definition) is 2. The van der Waals surface area contributed by atoms with Gasteiger partial charge in [-0.1, -0.05) is 30.0 Å². The molecule has 0 aromatic heterocycles. The molecule has 0 saturated carbocycles. The van der Waals surface area contributed by atoms with Gasteiger partial charge in [0.1, 0.15) is 11.5 Å². The first-order chi connectivity index (χ1) is 7.79. The first-order valence-corrected chi connectivity index (χ1v) is 6.32. The molecule has 0 saturated heterocycles. The van der Waals surface area contributed by atoms with Gasteiger partial charge < -0.3 is 14.9 Å². The Kier molecular flexibility index (Phi) is 4.23. The van der Waals surface area contributed by atoms with E-state index in [1.54, 1.807) is 11.8 Å². The summed E-state index contributed by atoms with van der Waals surface area (Å²) >= 11 is 1.69. The Labute approximate surface area is 99.4 Å². The second kappa shape index (κ2) is 5.68. The molecule has 4 heteroatoms. The normalized spacial score (nSPS) is 21.5. The summed E-state index contributed by atoms with van der Waals surface area (Å²) in [4.78, 5) is 1.26. The van der Waals surface area contributed by atoms with Crippen molar-refractivity contribution in [3.63, 3.8) is 0 Å². The van der Waals surface area contributed by atoms with Crippen LogP contribution >= 0.6 is 11.8 Å². The van der Waals surface area contributed by atoms with Gasteiger partial charge in [-0.3, -0.25) is 0 Å². The number of aliphatic hydroxyl groups excluding tert-OH is 2. The number of aryl methyl sites for hydroxylation is 1. The zero-order valence-corrected chi connectivity index (χ0v) is 9.82. The maximum atomic E-state index is 9.20. The van der Waals surface area contributed by atoms with Crippen LogP contribution in [0.25, 0.3) is 0 Å². The quantitative estimate of drug-likeness (QED) is 0.835. The Morgan fingerprint density at radius 2 is 2.25 bits per heavy atom. The predicted molar refractivity (Wildman–Crippen MR) is 63.5 cm³/mol. The van der Waals surface area contributed by atoms with Crippen molar-refractivity contribution < 1.29 is 14.9 Å². The summed E-state index contributed by atoms with van der Waals surface area (Å²) in [6.07, 6.45) is 1.21. The van der Waals surface area contributed by atoms with Crippen LogP contribution in [0.1, 0.15) is 12.0 Å². The summed E-state index contributed by atoms with van der Waals surface area (Å²) in [5.74, 6) is 0. The molecule has 1 aromatic carbocycles. The van der Waals surface area contributed by atoms with E-state index >= 15 is 0 Å². The monoisotopic (exact) mass is 240 g/mol. The minimum atomic E-state index is -0.766. The van der Waals surface area contributed by atoms with E-state index in [1.807, 2.05) is 6.07 Å². The molecule has 0 amide bonds. The first kappa shape index (κ1) is 11.9. The molecule has 16 heavy (non-hydrogen) atoms. The molecular weight excluding hydrogens is 224 g/mol. The van der Waals surface area contributed by atoms with E-state index in [1.165, 1.54) is 10.5 Å². The van der Waals surface area contributed by atoms with Crippen LogP contribution in [0, 0.1) is 0 Å². The molecule has 0 bridgehead atoms. The largest absolute Gasteiger partial charge is 0.394 e. The average molecular weight is 240 g/mol. The highest BCUT2D eigenvalue weighted by molar-refractivity contribution is 7.99. The summed E-state index contributed by atoms with van der Waals surface area (Å²) < 4.78 is 5.55. The van der Waals surface area contributed by atoms with Gasteiger partial charge in [-0.15, -0.1) is 0 Å². The van der Waals surface area contributed by atoms with Crippen molar-refractivity contribution >= 4 is 11.8 Å². The number of rotatable bonds is 4. The van der Waals surface area contributed by atoms with Crippen molar-refractivity contribution in [2.45, 2.75) is 29.3 Å². The average Bonchev–Trinajstić information content (AvgIpc) is 2.35. The molecule has 0 spiro atoms. The minimum absolute atomic E-state index is 0.0936. The topological polar surface area (TPSA) is 49.7 Å². The molecule has 1 aliphatic rings. The highest BCUT2D eigenvalue weighted by Gasteiger charge is 2.20. The molecule has 0 radical (unpaired) electrons. The van der Waals surface area contributed by atoms with Crippen molar-refractivity contribution in [2.75, 3.05) is 13.2 Å². The maximum Gasteiger partial charge on any atom is 0.108 e. The van der Waals surface area contributed by atoms with Crippen molar-refractivity contribution in [3.05, 3.63) is 29.8 Å². The molecule has 2 atom stereocenters. The maximum absolute atomic E-state index is 9.20. The summed E-state index contributed by atoms with van der Waals surface area (Å²) in [5.41, 5.74) is 1.46. The number of benzene rings is 1. The Morgan fingerprint density at radius 1 is 1.44 bits per heavy atom. The highest BCUT2D eigenvalue weighted by Crippen LogP contribution is 2.35. The van der Waals surface area contributed by atoms with Crippen LogP contribution in [0.5, 0.6) is 0 Å². The lowest BCUT2D eigenvalue weighted by molar-refractivity contribution is -0.00444. The minimum Gasteiger partial charge on any atom is -0.394 e. The number of hydrogen-bond acceptors (Lipinski definition) is 4. The van der Waals surface area contributed by atoms with Gasteiger partial charge >= 0.3 is 0 Å². The molecule has 3 nitrogen and oxygen atoms in total. The van der Waals surface area contributed by atoms with Gasteiger partial charge in [0, 0.05) is 4.90 Å². The van der Waals surface area contributed by atoms with E-state index in [4.69, 9.17) is 9.84 Å². The second-order valence-electron chi connectivity index (χ2n) is 3.86. The molecule has 88 valence electrons. The van der Waals surface area contributed by atoms with Gasteiger partial charge in [0.25, 0.3) is 0 Å². The molecule has 0 fully saturated rings. The lowest BCUT2D eigenvalue weighted by Crippen LogP contribution is -2.24. The van der Waals surface area contributed by atoms with E-state index < -0.39 is 6.10 Å². The fourth-order valence-corrected chi connectivity index (χ4v) is 2.83. The summed E-state index contributed by atoms with van der Waals surface area (Å²) in [6.45, 7) is -0.0374. The Bertz CT molecular complexity index is 343. The molecule has 0 aliphatic carbocycles. The predicted octanol–water partition coefficient (Wildman–Crippen LogP) is 1.42. The SMILES string of the molecule is OCC(O)COC1CCc2ccccc2S1. The van der Waals surface area contributed by atoms with Crippen LogP contribution in [-0.4, -0.2) is 35.0 Å². The molecule has 2 unspecified atom stereocenters. The van der Waals surface area contributed by atoms with E-state index in [0.29, 0.717) is 0 Å². The van der Waals surface area contributed by atoms with E-state index in [-0.39, 0.29) is 18.6 Å². The first-order valence-electron chi connectivity index (χ1n) is 5.44. The van der Waals surface area contributed by atoms with E-state index in [9.17, 15) is 5.11 Å². The van der Waals surface area contributed by atoms with Crippen LogP contribution in [0.3, 0.4) is 0 Å². The Hall–Kier alpha value is -0.550. The third-order valence-corrected chi connectivity index (χ3v) is 3.85. The fraction of sp³-hybridized carbons (Fsp3) is 0.500. The summed E-state index contributed by atoms with van der Waals surface area (Å²) in [5, 5.41) is 17.9. The third kappa shape index (κ3) is 2.98. The van der Waals surface area contributed by atoms with Gasteiger partial charge in [-0.25, -0.2) is 0 Å². The third-order valence-electron chi connectivity index (χ3n) is 2.57. The highest BCUT2D eigenvalue weighted by atomic mass is 32.2. The van der Waals surface area contributed by atoms with Crippen molar-refractivity contribution in [2.24, 2.45) is 0 Å². The van der Waals surface area contributed by atoms with Crippen molar-refractivity contribution in [1.29, 1.82) is 0 Å². The zero-order valence-electron chi connectivity index (χ0n) is 9.00. The number of thioether (sulfide) groups is 1. The van der Waals surface area contributed by atoms with Crippen molar-refractivity contribution in [1.82, 2.24) is 0 Å². The summed E-state index contributed by atoms with van der Waals surface area (Å²) in [7, 11) is 0. The van der Waals surface area contributed by atoms with Crippen molar-refractivity contribution in [3.8, 4) is 0 Å². The Balaban J connectivity index is 1.88. The lowest BCUT2D eigenvalue weighted by Gasteiger charge is -2.24. The van der Waals surface area contributed by atoms with Crippen LogP contribution in [0.15, 0.2) is 29.2 Å². The van der Waals surface area contributed by atoms with Crippen LogP contribution in [0.4, 0.5) is 0 Å². The van der Waals surface area contributed by atoms with Gasteiger partial charge in [0.05, 0.1) is 13.2 Å². The van der Waals surface area contributed by atoms with Crippen LogP contribution in [-0.2, 0) is 11.2 Å². The Morgan fingerprint density at radius 3 is 3.06 bits per heavy atom. The number of ether oxygens (including phenoxy) is 1. The van der Waals surface area contributed by atoms with Gasteiger partial charge in [0.2, 0.25) is 0 Å². The molecular formula is C12H16O3S. The number of aliphatic hydroxyl groups is 2. The molecule has 1 heterocycles. The zero-order chi connectivity index (χ0) is 11.4. The van der Waals surface area contributed by atoms with Gasteiger partial charge in [-0.2, -0.15) is 0 Å². The lowest BCUT2D eigenvalue weighted by atomic mass is 10.1.